The minimum atomic E-state index is -3.86. The third-order valence-electron chi connectivity index (χ3n) is 3.69. The lowest BCUT2D eigenvalue weighted by molar-refractivity contribution is -0.141. The van der Waals surface area contributed by atoms with Gasteiger partial charge in [-0.1, -0.05) is 37.3 Å². The van der Waals surface area contributed by atoms with E-state index in [4.69, 9.17) is 4.74 Å². The third kappa shape index (κ3) is 3.53. The van der Waals surface area contributed by atoms with Gasteiger partial charge < -0.3 is 9.84 Å². The Balaban J connectivity index is 2.54. The molecule has 5 nitrogen and oxygen atoms in total. The first-order chi connectivity index (χ1) is 10.9. The highest BCUT2D eigenvalue weighted by Crippen LogP contribution is 2.35. The van der Waals surface area contributed by atoms with E-state index >= 15 is 0 Å². The summed E-state index contributed by atoms with van der Waals surface area (Å²) in [6, 6.07) is 14.3. The molecule has 0 aliphatic heterocycles. The topological polar surface area (TPSA) is 80.7 Å². The number of benzene rings is 2. The fourth-order valence-electron chi connectivity index (χ4n) is 2.42. The number of carboxylic acid groups (broad SMARTS) is 1. The molecule has 0 spiro atoms. The summed E-state index contributed by atoms with van der Waals surface area (Å²) in [5, 5.41) is 8.16. The minimum absolute atomic E-state index is 0.0697. The van der Waals surface area contributed by atoms with E-state index in [0.717, 1.165) is 0 Å². The highest BCUT2D eigenvalue weighted by atomic mass is 32.2. The van der Waals surface area contributed by atoms with Crippen molar-refractivity contribution in [3.05, 3.63) is 60.2 Å². The lowest BCUT2D eigenvalue weighted by atomic mass is 10.0. The Morgan fingerprint density at radius 2 is 1.61 bits per heavy atom. The molecular weight excluding hydrogens is 316 g/mol. The SMILES string of the molecule is COc1ccc(S(=O)(=O)C(c2ccccc2)C(C)C(=O)O)cc1. The Morgan fingerprint density at radius 1 is 1.04 bits per heavy atom. The van der Waals surface area contributed by atoms with Crippen molar-refractivity contribution in [2.24, 2.45) is 5.92 Å². The molecule has 23 heavy (non-hydrogen) atoms. The molecule has 0 amide bonds. The zero-order valence-corrected chi connectivity index (χ0v) is 13.7. The standard InChI is InChI=1S/C17H18O5S/c1-12(17(18)19)16(13-6-4-3-5-7-13)23(20,21)15-10-8-14(22-2)9-11-15/h3-12,16H,1-2H3,(H,18,19). The van der Waals surface area contributed by atoms with Crippen LogP contribution >= 0.6 is 0 Å². The molecule has 0 bridgehead atoms. The number of carbonyl (C=O) groups is 1. The first kappa shape index (κ1) is 17.0. The smallest absolute Gasteiger partial charge is 0.307 e. The van der Waals surface area contributed by atoms with Crippen molar-refractivity contribution in [3.63, 3.8) is 0 Å². The average Bonchev–Trinajstić information content (AvgIpc) is 2.55. The van der Waals surface area contributed by atoms with Gasteiger partial charge in [0, 0.05) is 0 Å². The second-order valence-electron chi connectivity index (χ2n) is 5.18. The normalized spacial score (nSPS) is 14.0. The molecule has 2 aromatic rings. The maximum Gasteiger partial charge on any atom is 0.307 e. The summed E-state index contributed by atoms with van der Waals surface area (Å²) < 4.78 is 31.0. The highest BCUT2D eigenvalue weighted by Gasteiger charge is 2.37. The number of methoxy groups -OCH3 is 1. The summed E-state index contributed by atoms with van der Waals surface area (Å²) in [5.41, 5.74) is 0.457. The van der Waals surface area contributed by atoms with Gasteiger partial charge in [-0.05, 0) is 29.8 Å². The molecule has 0 fully saturated rings. The molecule has 2 unspecified atom stereocenters. The fourth-order valence-corrected chi connectivity index (χ4v) is 4.40. The Morgan fingerprint density at radius 3 is 2.09 bits per heavy atom. The molecule has 0 radical (unpaired) electrons. The molecule has 0 aliphatic carbocycles. The lowest BCUT2D eigenvalue weighted by Gasteiger charge is -2.22. The van der Waals surface area contributed by atoms with E-state index in [1.54, 1.807) is 42.5 Å². The molecule has 0 aliphatic rings. The van der Waals surface area contributed by atoms with Gasteiger partial charge in [0.05, 0.1) is 17.9 Å². The van der Waals surface area contributed by atoms with Gasteiger partial charge in [0.25, 0.3) is 0 Å². The molecule has 0 heterocycles. The Labute approximate surface area is 135 Å². The van der Waals surface area contributed by atoms with Crippen LogP contribution in [0.3, 0.4) is 0 Å². The number of carboxylic acids is 1. The van der Waals surface area contributed by atoms with Gasteiger partial charge in [-0.15, -0.1) is 0 Å². The van der Waals surface area contributed by atoms with Crippen molar-refractivity contribution in [3.8, 4) is 5.75 Å². The quantitative estimate of drug-likeness (QED) is 0.878. The van der Waals surface area contributed by atoms with E-state index in [-0.39, 0.29) is 4.90 Å². The molecule has 0 aromatic heterocycles. The van der Waals surface area contributed by atoms with Gasteiger partial charge in [-0.25, -0.2) is 8.42 Å². The molecule has 122 valence electrons. The van der Waals surface area contributed by atoms with Crippen LogP contribution < -0.4 is 4.74 Å². The summed E-state index contributed by atoms with van der Waals surface area (Å²) in [7, 11) is -2.37. The molecule has 2 atom stereocenters. The van der Waals surface area contributed by atoms with Gasteiger partial charge in [0.15, 0.2) is 9.84 Å². The van der Waals surface area contributed by atoms with Crippen molar-refractivity contribution in [2.75, 3.05) is 7.11 Å². The molecule has 0 saturated heterocycles. The number of ether oxygens (including phenoxy) is 1. The summed E-state index contributed by atoms with van der Waals surface area (Å²) in [6.07, 6.45) is 0. The summed E-state index contributed by atoms with van der Waals surface area (Å²) >= 11 is 0. The van der Waals surface area contributed by atoms with Crippen LogP contribution in [0.25, 0.3) is 0 Å². The van der Waals surface area contributed by atoms with Gasteiger partial charge in [-0.2, -0.15) is 0 Å². The van der Waals surface area contributed by atoms with Crippen molar-refractivity contribution >= 4 is 15.8 Å². The van der Waals surface area contributed by atoms with E-state index in [9.17, 15) is 18.3 Å². The van der Waals surface area contributed by atoms with Crippen LogP contribution in [-0.2, 0) is 14.6 Å². The van der Waals surface area contributed by atoms with Crippen LogP contribution in [0.15, 0.2) is 59.5 Å². The van der Waals surface area contributed by atoms with E-state index in [1.807, 2.05) is 0 Å². The molecule has 2 aromatic carbocycles. The van der Waals surface area contributed by atoms with E-state index in [0.29, 0.717) is 11.3 Å². The number of sulfone groups is 1. The van der Waals surface area contributed by atoms with E-state index in [2.05, 4.69) is 0 Å². The first-order valence-electron chi connectivity index (χ1n) is 7.03. The van der Waals surface area contributed by atoms with Gasteiger partial charge in [0.2, 0.25) is 0 Å². The third-order valence-corrected chi connectivity index (χ3v) is 5.97. The molecule has 1 N–H and O–H groups in total. The zero-order valence-electron chi connectivity index (χ0n) is 12.8. The monoisotopic (exact) mass is 334 g/mol. The molecule has 0 saturated carbocycles. The maximum atomic E-state index is 13.0. The average molecular weight is 334 g/mol. The lowest BCUT2D eigenvalue weighted by Crippen LogP contribution is -2.26. The van der Waals surface area contributed by atoms with Gasteiger partial charge in [-0.3, -0.25) is 4.79 Å². The van der Waals surface area contributed by atoms with Crippen molar-refractivity contribution in [1.82, 2.24) is 0 Å². The Hall–Kier alpha value is -2.34. The van der Waals surface area contributed by atoms with Crippen LogP contribution in [0.1, 0.15) is 17.7 Å². The molecule has 6 heteroatoms. The van der Waals surface area contributed by atoms with Gasteiger partial charge >= 0.3 is 5.97 Å². The van der Waals surface area contributed by atoms with E-state index in [1.165, 1.54) is 26.2 Å². The predicted molar refractivity (Wildman–Crippen MR) is 86.2 cm³/mol. The van der Waals surface area contributed by atoms with Crippen LogP contribution in [0.4, 0.5) is 0 Å². The molecular formula is C17H18O5S. The van der Waals surface area contributed by atoms with Crippen LogP contribution in [0, 0.1) is 5.92 Å². The zero-order chi connectivity index (χ0) is 17.0. The second-order valence-corrected chi connectivity index (χ2v) is 7.25. The maximum absolute atomic E-state index is 13.0. The van der Waals surface area contributed by atoms with Gasteiger partial charge in [0.1, 0.15) is 11.0 Å². The summed E-state index contributed by atoms with van der Waals surface area (Å²) in [5.74, 6) is -1.70. The predicted octanol–water partition coefficient (Wildman–Crippen LogP) is 2.93. The minimum Gasteiger partial charge on any atom is -0.497 e. The Kier molecular flexibility index (Phi) is 5.05. The van der Waals surface area contributed by atoms with Crippen molar-refractivity contribution in [1.29, 1.82) is 0 Å². The molecule has 2 rings (SSSR count). The highest BCUT2D eigenvalue weighted by molar-refractivity contribution is 7.91. The number of aliphatic carboxylic acids is 1. The first-order valence-corrected chi connectivity index (χ1v) is 8.58. The number of hydrogen-bond donors (Lipinski definition) is 1. The van der Waals surface area contributed by atoms with Crippen LogP contribution in [0.5, 0.6) is 5.75 Å². The summed E-state index contributed by atoms with van der Waals surface area (Å²) in [6.45, 7) is 1.40. The van der Waals surface area contributed by atoms with Crippen LogP contribution in [-0.4, -0.2) is 26.6 Å². The number of rotatable bonds is 6. The largest absolute Gasteiger partial charge is 0.497 e. The Bertz CT molecular complexity index is 766. The van der Waals surface area contributed by atoms with Crippen molar-refractivity contribution in [2.45, 2.75) is 17.1 Å². The van der Waals surface area contributed by atoms with E-state index < -0.39 is 27.0 Å². The summed E-state index contributed by atoms with van der Waals surface area (Å²) in [4.78, 5) is 11.5. The fraction of sp³-hybridized carbons (Fsp3) is 0.235. The number of hydrogen-bond acceptors (Lipinski definition) is 4. The van der Waals surface area contributed by atoms with Crippen molar-refractivity contribution < 1.29 is 23.1 Å². The van der Waals surface area contributed by atoms with Crippen LogP contribution in [0.2, 0.25) is 0 Å². The second kappa shape index (κ2) is 6.83.